The van der Waals surface area contributed by atoms with Gasteiger partial charge in [0.25, 0.3) is 0 Å². The van der Waals surface area contributed by atoms with Crippen LogP contribution in [0.1, 0.15) is 30.9 Å². The van der Waals surface area contributed by atoms with Crippen molar-refractivity contribution in [1.82, 2.24) is 0 Å². The van der Waals surface area contributed by atoms with E-state index in [2.05, 4.69) is 35.1 Å². The molecule has 0 bridgehead atoms. The standard InChI is InChI=1S/C18H18BrNO/c1-13(2)16-5-3-4-6-17(16)20-18(21)12-9-14-7-10-15(19)11-8-14/h3-13H,1-2H3,(H,20,21). The Bertz CT molecular complexity index is 645. The molecule has 0 heterocycles. The molecule has 1 amide bonds. The van der Waals surface area contributed by atoms with Crippen molar-refractivity contribution in [2.45, 2.75) is 19.8 Å². The summed E-state index contributed by atoms with van der Waals surface area (Å²) in [4.78, 5) is 12.0. The molecule has 2 aromatic carbocycles. The maximum absolute atomic E-state index is 12.0. The lowest BCUT2D eigenvalue weighted by atomic mass is 10.0. The second-order valence-electron chi connectivity index (χ2n) is 5.12. The van der Waals surface area contributed by atoms with Crippen molar-refractivity contribution in [2.24, 2.45) is 0 Å². The Labute approximate surface area is 134 Å². The molecule has 0 fully saturated rings. The molecular weight excluding hydrogens is 326 g/mol. The highest BCUT2D eigenvalue weighted by molar-refractivity contribution is 9.10. The number of carbonyl (C=O) groups excluding carboxylic acids is 1. The Kier molecular flexibility index (Phi) is 5.34. The largest absolute Gasteiger partial charge is 0.322 e. The van der Waals surface area contributed by atoms with E-state index in [1.54, 1.807) is 12.2 Å². The van der Waals surface area contributed by atoms with E-state index in [0.29, 0.717) is 5.92 Å². The summed E-state index contributed by atoms with van der Waals surface area (Å²) in [6.45, 7) is 4.23. The summed E-state index contributed by atoms with van der Waals surface area (Å²) in [5.41, 5.74) is 3.01. The number of nitrogens with one attached hydrogen (secondary N) is 1. The van der Waals surface area contributed by atoms with E-state index < -0.39 is 0 Å². The van der Waals surface area contributed by atoms with Gasteiger partial charge in [0.15, 0.2) is 0 Å². The number of amides is 1. The van der Waals surface area contributed by atoms with E-state index in [-0.39, 0.29) is 5.91 Å². The number of benzene rings is 2. The Balaban J connectivity index is 2.07. The molecule has 21 heavy (non-hydrogen) atoms. The first-order chi connectivity index (χ1) is 10.1. The van der Waals surface area contributed by atoms with Crippen LogP contribution in [0.2, 0.25) is 0 Å². The van der Waals surface area contributed by atoms with Crippen LogP contribution in [0.4, 0.5) is 5.69 Å². The maximum Gasteiger partial charge on any atom is 0.248 e. The first-order valence-electron chi connectivity index (χ1n) is 6.90. The zero-order valence-electron chi connectivity index (χ0n) is 12.1. The Morgan fingerprint density at radius 2 is 1.76 bits per heavy atom. The zero-order valence-corrected chi connectivity index (χ0v) is 13.7. The van der Waals surface area contributed by atoms with Crippen molar-refractivity contribution in [3.05, 3.63) is 70.2 Å². The monoisotopic (exact) mass is 343 g/mol. The summed E-state index contributed by atoms with van der Waals surface area (Å²) in [6.07, 6.45) is 3.36. The van der Waals surface area contributed by atoms with Gasteiger partial charge >= 0.3 is 0 Å². The second kappa shape index (κ2) is 7.23. The van der Waals surface area contributed by atoms with Crippen molar-refractivity contribution >= 4 is 33.6 Å². The lowest BCUT2D eigenvalue weighted by Gasteiger charge is -2.12. The average molecular weight is 344 g/mol. The molecule has 0 radical (unpaired) electrons. The van der Waals surface area contributed by atoms with E-state index in [0.717, 1.165) is 21.3 Å². The molecule has 2 nitrogen and oxygen atoms in total. The van der Waals surface area contributed by atoms with Crippen LogP contribution in [-0.2, 0) is 4.79 Å². The van der Waals surface area contributed by atoms with Gasteiger partial charge in [0.05, 0.1) is 0 Å². The van der Waals surface area contributed by atoms with Crippen LogP contribution in [-0.4, -0.2) is 5.91 Å². The molecule has 0 aliphatic heterocycles. The van der Waals surface area contributed by atoms with Gasteiger partial charge in [-0.3, -0.25) is 4.79 Å². The van der Waals surface area contributed by atoms with Crippen LogP contribution in [0.15, 0.2) is 59.1 Å². The van der Waals surface area contributed by atoms with Crippen molar-refractivity contribution in [2.75, 3.05) is 5.32 Å². The number of para-hydroxylation sites is 1. The molecule has 0 aliphatic carbocycles. The predicted octanol–water partition coefficient (Wildman–Crippen LogP) is 5.22. The van der Waals surface area contributed by atoms with Gasteiger partial charge < -0.3 is 5.32 Å². The topological polar surface area (TPSA) is 29.1 Å². The van der Waals surface area contributed by atoms with Gasteiger partial charge in [-0.05, 0) is 41.3 Å². The summed E-state index contributed by atoms with van der Waals surface area (Å²) >= 11 is 3.39. The fraction of sp³-hybridized carbons (Fsp3) is 0.167. The highest BCUT2D eigenvalue weighted by Crippen LogP contribution is 2.23. The molecule has 108 valence electrons. The van der Waals surface area contributed by atoms with Crippen molar-refractivity contribution in [3.8, 4) is 0 Å². The van der Waals surface area contributed by atoms with Crippen LogP contribution >= 0.6 is 15.9 Å². The molecule has 0 aromatic heterocycles. The maximum atomic E-state index is 12.0. The highest BCUT2D eigenvalue weighted by atomic mass is 79.9. The van der Waals surface area contributed by atoms with E-state index in [1.165, 1.54) is 0 Å². The van der Waals surface area contributed by atoms with Gasteiger partial charge in [0.2, 0.25) is 5.91 Å². The molecule has 2 rings (SSSR count). The average Bonchev–Trinajstić information content (AvgIpc) is 2.47. The van der Waals surface area contributed by atoms with Gasteiger partial charge in [-0.2, -0.15) is 0 Å². The quantitative estimate of drug-likeness (QED) is 0.757. The predicted molar refractivity (Wildman–Crippen MR) is 92.3 cm³/mol. The van der Waals surface area contributed by atoms with Crippen molar-refractivity contribution in [1.29, 1.82) is 0 Å². The third kappa shape index (κ3) is 4.57. The van der Waals surface area contributed by atoms with Crippen molar-refractivity contribution in [3.63, 3.8) is 0 Å². The minimum atomic E-state index is -0.119. The normalized spacial score (nSPS) is 11.0. The number of carbonyl (C=O) groups is 1. The summed E-state index contributed by atoms with van der Waals surface area (Å²) in [6, 6.07) is 15.7. The van der Waals surface area contributed by atoms with Gasteiger partial charge in [-0.1, -0.05) is 60.1 Å². The van der Waals surface area contributed by atoms with Gasteiger partial charge in [0, 0.05) is 16.2 Å². The summed E-state index contributed by atoms with van der Waals surface area (Å²) in [5.74, 6) is 0.253. The fourth-order valence-electron chi connectivity index (χ4n) is 2.03. The number of anilines is 1. The summed E-state index contributed by atoms with van der Waals surface area (Å²) < 4.78 is 1.02. The minimum Gasteiger partial charge on any atom is -0.322 e. The molecule has 3 heteroatoms. The zero-order chi connectivity index (χ0) is 15.2. The fourth-order valence-corrected chi connectivity index (χ4v) is 2.30. The highest BCUT2D eigenvalue weighted by Gasteiger charge is 2.07. The number of hydrogen-bond donors (Lipinski definition) is 1. The number of halogens is 1. The molecule has 0 unspecified atom stereocenters. The van der Waals surface area contributed by atoms with Crippen LogP contribution in [0.3, 0.4) is 0 Å². The summed E-state index contributed by atoms with van der Waals surface area (Å²) in [5, 5.41) is 2.94. The summed E-state index contributed by atoms with van der Waals surface area (Å²) in [7, 11) is 0. The molecule has 0 atom stereocenters. The molecule has 2 aromatic rings. The molecule has 0 aliphatic rings. The van der Waals surface area contributed by atoms with Crippen molar-refractivity contribution < 1.29 is 4.79 Å². The Morgan fingerprint density at radius 3 is 2.43 bits per heavy atom. The third-order valence-electron chi connectivity index (χ3n) is 3.14. The van der Waals surface area contributed by atoms with E-state index in [4.69, 9.17) is 0 Å². The Morgan fingerprint density at radius 1 is 1.10 bits per heavy atom. The van der Waals surface area contributed by atoms with Crippen LogP contribution in [0, 0.1) is 0 Å². The molecule has 1 N–H and O–H groups in total. The molecule has 0 saturated heterocycles. The smallest absolute Gasteiger partial charge is 0.248 e. The van der Waals surface area contributed by atoms with E-state index in [9.17, 15) is 4.79 Å². The van der Waals surface area contributed by atoms with Gasteiger partial charge in [-0.25, -0.2) is 0 Å². The first-order valence-corrected chi connectivity index (χ1v) is 7.69. The van der Waals surface area contributed by atoms with Gasteiger partial charge in [0.1, 0.15) is 0 Å². The van der Waals surface area contributed by atoms with Gasteiger partial charge in [-0.15, -0.1) is 0 Å². The SMILES string of the molecule is CC(C)c1ccccc1NC(=O)C=Cc1ccc(Br)cc1. The third-order valence-corrected chi connectivity index (χ3v) is 3.67. The first kappa shape index (κ1) is 15.5. The van der Waals surface area contributed by atoms with Crippen LogP contribution < -0.4 is 5.32 Å². The molecular formula is C18H18BrNO. The van der Waals surface area contributed by atoms with E-state index >= 15 is 0 Å². The Hall–Kier alpha value is -1.87. The molecule has 0 saturated carbocycles. The van der Waals surface area contributed by atoms with Crippen LogP contribution in [0.25, 0.3) is 6.08 Å². The lowest BCUT2D eigenvalue weighted by molar-refractivity contribution is -0.111. The van der Waals surface area contributed by atoms with E-state index in [1.807, 2.05) is 48.5 Å². The second-order valence-corrected chi connectivity index (χ2v) is 6.03. The number of rotatable bonds is 4. The lowest BCUT2D eigenvalue weighted by Crippen LogP contribution is -2.10. The van der Waals surface area contributed by atoms with Crippen LogP contribution in [0.5, 0.6) is 0 Å². The minimum absolute atomic E-state index is 0.119. The number of hydrogen-bond acceptors (Lipinski definition) is 1. The molecule has 0 spiro atoms.